The fraction of sp³-hybridized carbons (Fsp3) is 0.517. The highest BCUT2D eigenvalue weighted by atomic mass is 14.0. The van der Waals surface area contributed by atoms with Gasteiger partial charge in [0.25, 0.3) is 0 Å². The molecule has 0 radical (unpaired) electrons. The first-order valence-corrected chi connectivity index (χ1v) is 12.1. The van der Waals surface area contributed by atoms with E-state index in [1.807, 2.05) is 0 Å². The molecular formula is C29H44. The third kappa shape index (κ3) is 20.7. The third-order valence-corrected chi connectivity index (χ3v) is 5.24. The first kappa shape index (κ1) is 25.2. The van der Waals surface area contributed by atoms with Crippen molar-refractivity contribution in [3.8, 4) is 0 Å². The SMILES string of the molecule is C1=CCCCCCCCCCCCCCCC\C=C/C=C\C=C/C=C\C=C/C=C\1. The highest BCUT2D eigenvalue weighted by molar-refractivity contribution is 5.20. The number of allylic oxidation sites excluding steroid dienone is 14. The van der Waals surface area contributed by atoms with Crippen molar-refractivity contribution in [3.05, 3.63) is 85.1 Å². The average molecular weight is 393 g/mol. The van der Waals surface area contributed by atoms with Gasteiger partial charge in [-0.25, -0.2) is 0 Å². The summed E-state index contributed by atoms with van der Waals surface area (Å²) in [6, 6.07) is 0. The van der Waals surface area contributed by atoms with Gasteiger partial charge in [0, 0.05) is 0 Å². The van der Waals surface area contributed by atoms with Crippen molar-refractivity contribution in [2.24, 2.45) is 0 Å². The lowest BCUT2D eigenvalue weighted by Crippen LogP contribution is -1.83. The van der Waals surface area contributed by atoms with E-state index in [0.717, 1.165) is 0 Å². The lowest BCUT2D eigenvalue weighted by Gasteiger charge is -2.03. The second kappa shape index (κ2) is 22.5. The van der Waals surface area contributed by atoms with Gasteiger partial charge in [-0.15, -0.1) is 0 Å². The molecule has 1 rings (SSSR count). The zero-order chi connectivity index (χ0) is 20.5. The minimum Gasteiger partial charge on any atom is -0.0845 e. The normalized spacial score (nSPS) is 26.8. The lowest BCUT2D eigenvalue weighted by molar-refractivity contribution is 0.538. The standard InChI is InChI=1S/C29H44/c1-2-4-6-8-10-12-14-16-18-20-22-24-26-28-29-27-25-23-21-19-17-15-13-11-9-7-5-3-1/h1-14H,15-29H2/b2-1-,5-3-,6-4-,9-7-,10-8-,13-11-,14-12?. The van der Waals surface area contributed by atoms with Crippen LogP contribution in [0.25, 0.3) is 0 Å². The summed E-state index contributed by atoms with van der Waals surface area (Å²) in [5, 5.41) is 0. The van der Waals surface area contributed by atoms with Crippen molar-refractivity contribution in [2.45, 2.75) is 96.3 Å². The minimum absolute atomic E-state index is 1.21. The number of hydrogen-bond donors (Lipinski definition) is 0. The summed E-state index contributed by atoms with van der Waals surface area (Å²) < 4.78 is 0. The Labute approximate surface area is 181 Å². The number of hydrogen-bond acceptors (Lipinski definition) is 0. The maximum atomic E-state index is 2.29. The zero-order valence-electron chi connectivity index (χ0n) is 18.7. The van der Waals surface area contributed by atoms with Crippen LogP contribution >= 0.6 is 0 Å². The number of rotatable bonds is 0. The molecule has 0 heterocycles. The van der Waals surface area contributed by atoms with Gasteiger partial charge in [-0.1, -0.05) is 156 Å². The van der Waals surface area contributed by atoms with E-state index in [1.165, 1.54) is 96.3 Å². The van der Waals surface area contributed by atoms with Crippen LogP contribution in [0, 0.1) is 0 Å². The van der Waals surface area contributed by atoms with Crippen LogP contribution in [0.15, 0.2) is 85.1 Å². The van der Waals surface area contributed by atoms with Crippen molar-refractivity contribution in [1.29, 1.82) is 0 Å². The molecule has 0 amide bonds. The molecule has 0 saturated heterocycles. The molecule has 0 aromatic heterocycles. The summed E-state index contributed by atoms with van der Waals surface area (Å²) >= 11 is 0. The summed E-state index contributed by atoms with van der Waals surface area (Å²) in [6.45, 7) is 0. The summed E-state index contributed by atoms with van der Waals surface area (Å²) in [5.74, 6) is 0. The van der Waals surface area contributed by atoms with Gasteiger partial charge in [-0.05, 0) is 25.7 Å². The lowest BCUT2D eigenvalue weighted by atomic mass is 10.0. The summed E-state index contributed by atoms with van der Waals surface area (Å²) in [7, 11) is 0. The predicted octanol–water partition coefficient (Wildman–Crippen LogP) is 9.74. The van der Waals surface area contributed by atoms with Crippen LogP contribution in [0.2, 0.25) is 0 Å². The molecule has 0 unspecified atom stereocenters. The van der Waals surface area contributed by atoms with Gasteiger partial charge in [0.05, 0.1) is 0 Å². The van der Waals surface area contributed by atoms with Crippen molar-refractivity contribution >= 4 is 0 Å². The maximum absolute atomic E-state index is 2.29. The molecule has 0 aromatic rings. The van der Waals surface area contributed by atoms with Gasteiger partial charge >= 0.3 is 0 Å². The predicted molar refractivity (Wildman–Crippen MR) is 133 cm³/mol. The maximum Gasteiger partial charge on any atom is -0.0348 e. The molecule has 0 N–H and O–H groups in total. The molecule has 1 aliphatic carbocycles. The van der Waals surface area contributed by atoms with Gasteiger partial charge < -0.3 is 0 Å². The zero-order valence-corrected chi connectivity index (χ0v) is 18.7. The van der Waals surface area contributed by atoms with Crippen LogP contribution in [-0.2, 0) is 0 Å². The molecule has 0 saturated carbocycles. The van der Waals surface area contributed by atoms with Gasteiger partial charge in [0.15, 0.2) is 0 Å². The third-order valence-electron chi connectivity index (χ3n) is 5.24. The molecular weight excluding hydrogens is 348 g/mol. The van der Waals surface area contributed by atoms with Crippen molar-refractivity contribution < 1.29 is 0 Å². The molecule has 0 bridgehead atoms. The van der Waals surface area contributed by atoms with Crippen molar-refractivity contribution in [2.75, 3.05) is 0 Å². The molecule has 29 heavy (non-hydrogen) atoms. The van der Waals surface area contributed by atoms with Gasteiger partial charge in [-0.3, -0.25) is 0 Å². The topological polar surface area (TPSA) is 0 Å². The Morgan fingerprint density at radius 2 is 0.414 bits per heavy atom. The molecule has 0 nitrogen and oxygen atoms in total. The van der Waals surface area contributed by atoms with E-state index in [9.17, 15) is 0 Å². The molecule has 0 aromatic carbocycles. The van der Waals surface area contributed by atoms with Crippen molar-refractivity contribution in [1.82, 2.24) is 0 Å². The second-order valence-electron chi connectivity index (χ2n) is 7.95. The smallest absolute Gasteiger partial charge is 0.0348 e. The molecule has 0 spiro atoms. The second-order valence-corrected chi connectivity index (χ2v) is 7.95. The van der Waals surface area contributed by atoms with Gasteiger partial charge in [0.2, 0.25) is 0 Å². The van der Waals surface area contributed by atoms with E-state index >= 15 is 0 Å². The Bertz CT molecular complexity index is 488. The quantitative estimate of drug-likeness (QED) is 0.385. The molecule has 0 heteroatoms. The fourth-order valence-electron chi connectivity index (χ4n) is 3.46. The summed E-state index contributed by atoms with van der Waals surface area (Å²) in [5.41, 5.74) is 0. The monoisotopic (exact) mass is 392 g/mol. The Hall–Kier alpha value is -1.82. The van der Waals surface area contributed by atoms with Crippen LogP contribution in [0.4, 0.5) is 0 Å². The highest BCUT2D eigenvalue weighted by Gasteiger charge is 1.93. The molecule has 0 fully saturated rings. The van der Waals surface area contributed by atoms with Crippen LogP contribution in [0.5, 0.6) is 0 Å². The first-order valence-electron chi connectivity index (χ1n) is 12.1. The van der Waals surface area contributed by atoms with Gasteiger partial charge in [0.1, 0.15) is 0 Å². The van der Waals surface area contributed by atoms with E-state index < -0.39 is 0 Å². The molecule has 160 valence electrons. The minimum atomic E-state index is 1.21. The largest absolute Gasteiger partial charge is 0.0845 e. The highest BCUT2D eigenvalue weighted by Crippen LogP contribution is 2.13. The van der Waals surface area contributed by atoms with E-state index in [-0.39, 0.29) is 0 Å². The molecule has 0 aliphatic heterocycles. The first-order chi connectivity index (χ1) is 14.5. The molecule has 1 aliphatic rings. The van der Waals surface area contributed by atoms with Crippen LogP contribution in [0.1, 0.15) is 96.3 Å². The Morgan fingerprint density at radius 1 is 0.207 bits per heavy atom. The Morgan fingerprint density at radius 3 is 0.690 bits per heavy atom. The Balaban J connectivity index is 2.30. The summed E-state index contributed by atoms with van der Waals surface area (Å²) in [6.07, 6.45) is 50.5. The van der Waals surface area contributed by atoms with Crippen LogP contribution in [0.3, 0.4) is 0 Å². The molecule has 0 atom stereocenters. The van der Waals surface area contributed by atoms with E-state index in [0.29, 0.717) is 0 Å². The average Bonchev–Trinajstić information content (AvgIpc) is 2.73. The fourth-order valence-corrected chi connectivity index (χ4v) is 3.46. The van der Waals surface area contributed by atoms with E-state index in [2.05, 4.69) is 85.1 Å². The van der Waals surface area contributed by atoms with E-state index in [4.69, 9.17) is 0 Å². The summed E-state index contributed by atoms with van der Waals surface area (Å²) in [4.78, 5) is 0. The Kier molecular flexibility index (Phi) is 19.5. The van der Waals surface area contributed by atoms with Crippen molar-refractivity contribution in [3.63, 3.8) is 0 Å². The van der Waals surface area contributed by atoms with Crippen LogP contribution < -0.4 is 0 Å². The van der Waals surface area contributed by atoms with Crippen LogP contribution in [-0.4, -0.2) is 0 Å². The van der Waals surface area contributed by atoms with Gasteiger partial charge in [-0.2, -0.15) is 0 Å². The van der Waals surface area contributed by atoms with E-state index in [1.54, 1.807) is 0 Å².